The number of amides is 2. The number of nitrogens with one attached hydrogen (secondary N) is 2. The number of benzene rings is 1. The van der Waals surface area contributed by atoms with Gasteiger partial charge in [-0.05, 0) is 24.3 Å². The van der Waals surface area contributed by atoms with Crippen LogP contribution in [0.5, 0.6) is 0 Å². The average molecular weight is 377 g/mol. The predicted octanol–water partition coefficient (Wildman–Crippen LogP) is 3.08. The first-order valence-electron chi connectivity index (χ1n) is 8.26. The van der Waals surface area contributed by atoms with Crippen molar-refractivity contribution >= 4 is 40.0 Å². The topological polar surface area (TPSA) is 84.0 Å². The molecule has 1 fully saturated rings. The molecule has 8 heteroatoms. The molecule has 0 radical (unpaired) electrons. The van der Waals surface area contributed by atoms with Gasteiger partial charge in [-0.2, -0.15) is 0 Å². The highest BCUT2D eigenvalue weighted by Crippen LogP contribution is 2.28. The van der Waals surface area contributed by atoms with Crippen molar-refractivity contribution in [1.82, 2.24) is 15.5 Å². The largest absolute Gasteiger partial charge is 0.356 e. The van der Waals surface area contributed by atoms with Gasteiger partial charge in [0, 0.05) is 25.1 Å². The third-order valence-electron chi connectivity index (χ3n) is 3.72. The van der Waals surface area contributed by atoms with E-state index in [-0.39, 0.29) is 24.7 Å². The van der Waals surface area contributed by atoms with Crippen molar-refractivity contribution in [3.63, 3.8) is 0 Å². The minimum atomic E-state index is -0.211. The number of thioether (sulfide) groups is 1. The van der Waals surface area contributed by atoms with Crippen LogP contribution in [0.15, 0.2) is 34.7 Å². The second-order valence-electron chi connectivity index (χ2n) is 5.94. The van der Waals surface area contributed by atoms with Gasteiger partial charge in [-0.3, -0.25) is 9.59 Å². The minimum Gasteiger partial charge on any atom is -0.356 e. The zero-order chi connectivity index (χ0) is 17.5. The Kier molecular flexibility index (Phi) is 6.41. The highest BCUT2D eigenvalue weighted by atomic mass is 32.2. The van der Waals surface area contributed by atoms with E-state index in [2.05, 4.69) is 33.0 Å². The summed E-state index contributed by atoms with van der Waals surface area (Å²) in [5.41, 5.74) is 1.21. The first kappa shape index (κ1) is 17.9. The van der Waals surface area contributed by atoms with Crippen molar-refractivity contribution in [3.05, 3.63) is 35.9 Å². The van der Waals surface area contributed by atoms with Crippen LogP contribution in [0.2, 0.25) is 0 Å². The fourth-order valence-electron chi connectivity index (χ4n) is 2.12. The van der Waals surface area contributed by atoms with Crippen molar-refractivity contribution in [2.75, 3.05) is 11.9 Å². The molecule has 0 spiro atoms. The highest BCUT2D eigenvalue weighted by molar-refractivity contribution is 8.00. The molecule has 132 valence electrons. The SMILES string of the molecule is O=C(CCC(=O)Nc1nnc(SCc2ccccc2)s1)NCC1CC1. The number of anilines is 1. The summed E-state index contributed by atoms with van der Waals surface area (Å²) in [5, 5.41) is 14.1. The van der Waals surface area contributed by atoms with E-state index in [1.54, 1.807) is 11.8 Å². The molecular formula is C17H20N4O2S2. The van der Waals surface area contributed by atoms with Crippen molar-refractivity contribution in [2.45, 2.75) is 35.8 Å². The molecule has 0 bridgehead atoms. The predicted molar refractivity (Wildman–Crippen MR) is 99.5 cm³/mol. The maximum absolute atomic E-state index is 11.9. The standard InChI is InChI=1S/C17H20N4O2S2/c22-14(18-10-12-6-7-12)8-9-15(23)19-16-20-21-17(25-16)24-11-13-4-2-1-3-5-13/h1-5,12H,6-11H2,(H,18,22)(H,19,20,23). The third kappa shape index (κ3) is 6.47. The smallest absolute Gasteiger partial charge is 0.226 e. The maximum atomic E-state index is 11.9. The monoisotopic (exact) mass is 376 g/mol. The number of hydrogen-bond donors (Lipinski definition) is 2. The van der Waals surface area contributed by atoms with Crippen LogP contribution in [-0.4, -0.2) is 28.6 Å². The molecule has 2 aromatic rings. The minimum absolute atomic E-state index is 0.0709. The van der Waals surface area contributed by atoms with Crippen molar-refractivity contribution < 1.29 is 9.59 Å². The molecule has 1 aromatic heterocycles. The van der Waals surface area contributed by atoms with Crippen LogP contribution < -0.4 is 10.6 Å². The number of carbonyl (C=O) groups is 2. The summed E-state index contributed by atoms with van der Waals surface area (Å²) in [5.74, 6) is 1.17. The number of hydrogen-bond acceptors (Lipinski definition) is 6. The van der Waals surface area contributed by atoms with E-state index < -0.39 is 0 Å². The lowest BCUT2D eigenvalue weighted by Crippen LogP contribution is -2.26. The first-order valence-corrected chi connectivity index (χ1v) is 10.1. The molecule has 2 amide bonds. The molecular weight excluding hydrogens is 356 g/mol. The molecule has 1 aliphatic carbocycles. The van der Waals surface area contributed by atoms with Gasteiger partial charge in [0.1, 0.15) is 0 Å². The van der Waals surface area contributed by atoms with Gasteiger partial charge in [0.05, 0.1) is 0 Å². The second-order valence-corrected chi connectivity index (χ2v) is 8.14. The quantitative estimate of drug-likeness (QED) is 0.519. The van der Waals surface area contributed by atoms with Gasteiger partial charge >= 0.3 is 0 Å². The van der Waals surface area contributed by atoms with Gasteiger partial charge in [0.15, 0.2) is 4.34 Å². The van der Waals surface area contributed by atoms with Crippen LogP contribution >= 0.6 is 23.1 Å². The van der Waals surface area contributed by atoms with Crippen molar-refractivity contribution in [2.24, 2.45) is 5.92 Å². The van der Waals surface area contributed by atoms with E-state index in [1.165, 1.54) is 29.7 Å². The van der Waals surface area contributed by atoms with Crippen LogP contribution in [0.1, 0.15) is 31.2 Å². The summed E-state index contributed by atoms with van der Waals surface area (Å²) < 4.78 is 0.807. The van der Waals surface area contributed by atoms with Crippen molar-refractivity contribution in [3.8, 4) is 0 Å². The number of nitrogens with zero attached hydrogens (tertiary/aromatic N) is 2. The van der Waals surface area contributed by atoms with Crippen molar-refractivity contribution in [1.29, 1.82) is 0 Å². The van der Waals surface area contributed by atoms with E-state index >= 15 is 0 Å². The molecule has 0 saturated heterocycles. The fraction of sp³-hybridized carbons (Fsp3) is 0.412. The second kappa shape index (κ2) is 8.96. The fourth-order valence-corrected chi connectivity index (χ4v) is 3.84. The Bertz CT molecular complexity index is 716. The molecule has 2 N–H and O–H groups in total. The highest BCUT2D eigenvalue weighted by Gasteiger charge is 2.21. The normalized spacial score (nSPS) is 13.4. The van der Waals surface area contributed by atoms with E-state index in [1.807, 2.05) is 18.2 Å². The van der Waals surface area contributed by atoms with E-state index in [0.717, 1.165) is 16.6 Å². The third-order valence-corrected chi connectivity index (χ3v) is 5.77. The molecule has 0 atom stereocenters. The molecule has 25 heavy (non-hydrogen) atoms. The zero-order valence-electron chi connectivity index (χ0n) is 13.7. The lowest BCUT2D eigenvalue weighted by molar-refractivity contribution is -0.124. The summed E-state index contributed by atoms with van der Waals surface area (Å²) in [4.78, 5) is 23.5. The molecule has 1 aromatic carbocycles. The molecule has 6 nitrogen and oxygen atoms in total. The molecule has 0 aliphatic heterocycles. The van der Waals surface area contributed by atoms with Crippen LogP contribution in [0.3, 0.4) is 0 Å². The van der Waals surface area contributed by atoms with Gasteiger partial charge in [0.25, 0.3) is 0 Å². The average Bonchev–Trinajstić information content (AvgIpc) is 3.36. The number of aromatic nitrogens is 2. The van der Waals surface area contributed by atoms with Gasteiger partial charge < -0.3 is 10.6 Å². The zero-order valence-corrected chi connectivity index (χ0v) is 15.4. The van der Waals surface area contributed by atoms with Gasteiger partial charge in [-0.15, -0.1) is 10.2 Å². The van der Waals surface area contributed by atoms with Crippen LogP contribution in [0.4, 0.5) is 5.13 Å². The van der Waals surface area contributed by atoms with Crippen LogP contribution in [0.25, 0.3) is 0 Å². The Morgan fingerprint density at radius 3 is 2.64 bits per heavy atom. The van der Waals surface area contributed by atoms with Crippen LogP contribution in [-0.2, 0) is 15.3 Å². The summed E-state index contributed by atoms with van der Waals surface area (Å²) >= 11 is 2.93. The van der Waals surface area contributed by atoms with E-state index in [9.17, 15) is 9.59 Å². The Labute approximate surface area is 154 Å². The lowest BCUT2D eigenvalue weighted by Gasteiger charge is -2.03. The Morgan fingerprint density at radius 1 is 1.12 bits per heavy atom. The molecule has 1 aliphatic rings. The lowest BCUT2D eigenvalue weighted by atomic mass is 10.2. The summed E-state index contributed by atoms with van der Waals surface area (Å²) in [6.07, 6.45) is 2.75. The number of carbonyl (C=O) groups excluding carboxylic acids is 2. The first-order chi connectivity index (χ1) is 12.2. The van der Waals surface area contributed by atoms with Gasteiger partial charge in [-0.25, -0.2) is 0 Å². The molecule has 0 unspecified atom stereocenters. The van der Waals surface area contributed by atoms with E-state index in [4.69, 9.17) is 0 Å². The van der Waals surface area contributed by atoms with E-state index in [0.29, 0.717) is 11.0 Å². The summed E-state index contributed by atoms with van der Waals surface area (Å²) in [6.45, 7) is 0.735. The molecule has 1 heterocycles. The number of rotatable bonds is 9. The maximum Gasteiger partial charge on any atom is 0.226 e. The van der Waals surface area contributed by atoms with Gasteiger partial charge in [-0.1, -0.05) is 53.4 Å². The summed E-state index contributed by atoms with van der Waals surface area (Å²) in [7, 11) is 0. The Balaban J connectivity index is 1.36. The van der Waals surface area contributed by atoms with Crippen LogP contribution in [0, 0.1) is 5.92 Å². The molecule has 3 rings (SSSR count). The van der Waals surface area contributed by atoms with Gasteiger partial charge in [0.2, 0.25) is 16.9 Å². The Morgan fingerprint density at radius 2 is 1.88 bits per heavy atom. The Hall–Kier alpha value is -1.93. The summed E-state index contributed by atoms with van der Waals surface area (Å²) in [6, 6.07) is 10.1. The molecule has 1 saturated carbocycles.